The van der Waals surface area contributed by atoms with Crippen LogP contribution < -0.4 is 15.0 Å². The number of carbonyl (C=O) groups excluding carboxylic acids is 3. The van der Waals surface area contributed by atoms with Crippen LogP contribution >= 0.6 is 0 Å². The highest BCUT2D eigenvalue weighted by Crippen LogP contribution is 2.31. The molecule has 0 bridgehead atoms. The number of benzene rings is 3. The zero-order valence-corrected chi connectivity index (χ0v) is 16.3. The van der Waals surface area contributed by atoms with E-state index in [0.29, 0.717) is 11.4 Å². The van der Waals surface area contributed by atoms with Gasteiger partial charge < -0.3 is 15.2 Å². The largest absolute Gasteiger partial charge is 0.504 e. The molecule has 30 heavy (non-hydrogen) atoms. The van der Waals surface area contributed by atoms with E-state index in [1.54, 1.807) is 24.3 Å². The second kappa shape index (κ2) is 7.36. The number of aromatic hydroxyl groups is 1. The first kappa shape index (κ1) is 19.2. The molecule has 0 aromatic heterocycles. The lowest BCUT2D eigenvalue weighted by Gasteiger charge is -2.14. The number of rotatable bonds is 4. The summed E-state index contributed by atoms with van der Waals surface area (Å²) >= 11 is 0. The van der Waals surface area contributed by atoms with E-state index in [4.69, 9.17) is 4.74 Å². The Morgan fingerprint density at radius 2 is 1.73 bits per heavy atom. The van der Waals surface area contributed by atoms with Crippen molar-refractivity contribution in [3.8, 4) is 11.5 Å². The number of carbonyl (C=O) groups is 3. The minimum Gasteiger partial charge on any atom is -0.504 e. The highest BCUT2D eigenvalue weighted by Gasteiger charge is 2.37. The summed E-state index contributed by atoms with van der Waals surface area (Å²) in [6, 6.07) is 15.9. The van der Waals surface area contributed by atoms with E-state index >= 15 is 0 Å². The van der Waals surface area contributed by atoms with Crippen molar-refractivity contribution in [3.63, 3.8) is 0 Å². The number of anilines is 2. The maximum absolute atomic E-state index is 12.9. The van der Waals surface area contributed by atoms with E-state index in [-0.39, 0.29) is 28.2 Å². The van der Waals surface area contributed by atoms with Gasteiger partial charge in [-0.1, -0.05) is 12.1 Å². The Hall–Kier alpha value is -4.13. The van der Waals surface area contributed by atoms with Gasteiger partial charge in [0, 0.05) is 17.3 Å². The molecule has 3 aromatic rings. The van der Waals surface area contributed by atoms with Crippen LogP contribution in [0.5, 0.6) is 11.5 Å². The maximum Gasteiger partial charge on any atom is 0.266 e. The molecule has 150 valence electrons. The Morgan fingerprint density at radius 3 is 2.43 bits per heavy atom. The van der Waals surface area contributed by atoms with Crippen molar-refractivity contribution < 1.29 is 24.2 Å². The number of fused-ring (bicyclic) bond motifs is 1. The van der Waals surface area contributed by atoms with Gasteiger partial charge in [-0.2, -0.15) is 0 Å². The summed E-state index contributed by atoms with van der Waals surface area (Å²) in [5, 5.41) is 12.5. The van der Waals surface area contributed by atoms with Gasteiger partial charge >= 0.3 is 0 Å². The number of phenolic OH excluding ortho intramolecular Hbond substituents is 1. The molecule has 0 spiro atoms. The van der Waals surface area contributed by atoms with E-state index in [2.05, 4.69) is 5.32 Å². The Labute approximate surface area is 172 Å². The summed E-state index contributed by atoms with van der Waals surface area (Å²) in [4.78, 5) is 39.4. The molecule has 0 atom stereocenters. The van der Waals surface area contributed by atoms with Gasteiger partial charge in [0.25, 0.3) is 17.7 Å². The second-order valence-corrected chi connectivity index (χ2v) is 6.89. The monoisotopic (exact) mass is 402 g/mol. The Bertz CT molecular complexity index is 1200. The quantitative estimate of drug-likeness (QED) is 0.648. The summed E-state index contributed by atoms with van der Waals surface area (Å²) in [6.07, 6.45) is 0. The van der Waals surface area contributed by atoms with E-state index in [0.717, 1.165) is 10.5 Å². The van der Waals surface area contributed by atoms with Crippen LogP contribution in [0.4, 0.5) is 11.4 Å². The number of amides is 3. The number of phenols is 1. The molecular formula is C23H18N2O5. The molecule has 0 unspecified atom stereocenters. The fraction of sp³-hybridized carbons (Fsp3) is 0.0870. The standard InChI is InChI=1S/C23H18N2O5/c1-13-4-3-5-16(10-13)25-22(28)17-8-6-14(11-18(17)23(25)29)21(27)24-15-7-9-20(30-2)19(26)12-15/h3-12,26H,1-2H3,(H,24,27). The van der Waals surface area contributed by atoms with Crippen molar-refractivity contribution in [2.45, 2.75) is 6.92 Å². The van der Waals surface area contributed by atoms with Gasteiger partial charge in [0.15, 0.2) is 11.5 Å². The first-order chi connectivity index (χ1) is 14.4. The van der Waals surface area contributed by atoms with Gasteiger partial charge in [-0.3, -0.25) is 14.4 Å². The zero-order chi connectivity index (χ0) is 21.4. The van der Waals surface area contributed by atoms with Crippen LogP contribution in [0.25, 0.3) is 0 Å². The number of hydrogen-bond acceptors (Lipinski definition) is 5. The lowest BCUT2D eigenvalue weighted by molar-refractivity contribution is 0.0925. The van der Waals surface area contributed by atoms with Crippen LogP contribution in [-0.4, -0.2) is 29.9 Å². The van der Waals surface area contributed by atoms with Crippen LogP contribution in [0.15, 0.2) is 60.7 Å². The van der Waals surface area contributed by atoms with E-state index in [1.165, 1.54) is 37.4 Å². The number of hydrogen-bond donors (Lipinski definition) is 2. The van der Waals surface area contributed by atoms with Crippen LogP contribution in [0.3, 0.4) is 0 Å². The summed E-state index contributed by atoms with van der Waals surface area (Å²) in [5.41, 5.74) is 2.42. The third-order valence-corrected chi connectivity index (χ3v) is 4.85. The Balaban J connectivity index is 1.61. The molecule has 1 aliphatic heterocycles. The second-order valence-electron chi connectivity index (χ2n) is 6.89. The first-order valence-electron chi connectivity index (χ1n) is 9.17. The summed E-state index contributed by atoms with van der Waals surface area (Å²) in [7, 11) is 1.43. The summed E-state index contributed by atoms with van der Waals surface area (Å²) < 4.78 is 4.98. The van der Waals surface area contributed by atoms with Gasteiger partial charge in [0.1, 0.15) is 0 Å². The number of methoxy groups -OCH3 is 1. The average molecular weight is 402 g/mol. The smallest absolute Gasteiger partial charge is 0.266 e. The number of nitrogens with zero attached hydrogens (tertiary/aromatic N) is 1. The Morgan fingerprint density at radius 1 is 0.967 bits per heavy atom. The average Bonchev–Trinajstić information content (AvgIpc) is 2.98. The number of aryl methyl sites for hydroxylation is 1. The van der Waals surface area contributed by atoms with E-state index < -0.39 is 17.7 Å². The molecule has 3 amide bonds. The molecule has 4 rings (SSSR count). The van der Waals surface area contributed by atoms with Crippen molar-refractivity contribution in [2.24, 2.45) is 0 Å². The van der Waals surface area contributed by atoms with Crippen molar-refractivity contribution in [1.82, 2.24) is 0 Å². The SMILES string of the molecule is COc1ccc(NC(=O)c2ccc3c(c2)C(=O)N(c2cccc(C)c2)C3=O)cc1O. The molecule has 3 aromatic carbocycles. The van der Waals surface area contributed by atoms with Crippen LogP contribution in [0, 0.1) is 6.92 Å². The van der Waals surface area contributed by atoms with Gasteiger partial charge in [-0.05, 0) is 55.0 Å². The molecule has 0 aliphatic carbocycles. The molecule has 2 N–H and O–H groups in total. The highest BCUT2D eigenvalue weighted by molar-refractivity contribution is 6.34. The number of nitrogens with one attached hydrogen (secondary N) is 1. The minimum atomic E-state index is -0.475. The lowest BCUT2D eigenvalue weighted by Crippen LogP contribution is -2.29. The van der Waals surface area contributed by atoms with Gasteiger partial charge in [-0.25, -0.2) is 4.90 Å². The van der Waals surface area contributed by atoms with Gasteiger partial charge in [-0.15, -0.1) is 0 Å². The van der Waals surface area contributed by atoms with Gasteiger partial charge in [0.05, 0.1) is 23.9 Å². The summed E-state index contributed by atoms with van der Waals surface area (Å²) in [6.45, 7) is 1.88. The van der Waals surface area contributed by atoms with Gasteiger partial charge in [0.2, 0.25) is 0 Å². The molecule has 7 heteroatoms. The molecular weight excluding hydrogens is 384 g/mol. The number of imide groups is 1. The first-order valence-corrected chi connectivity index (χ1v) is 9.17. The van der Waals surface area contributed by atoms with Crippen LogP contribution in [0.1, 0.15) is 36.6 Å². The van der Waals surface area contributed by atoms with E-state index in [1.807, 2.05) is 13.0 Å². The van der Waals surface area contributed by atoms with Crippen LogP contribution in [0.2, 0.25) is 0 Å². The molecule has 0 radical (unpaired) electrons. The fourth-order valence-corrected chi connectivity index (χ4v) is 3.35. The predicted octanol–water partition coefficient (Wildman–Crippen LogP) is 3.76. The van der Waals surface area contributed by atoms with E-state index in [9.17, 15) is 19.5 Å². The molecule has 1 heterocycles. The molecule has 0 saturated carbocycles. The molecule has 7 nitrogen and oxygen atoms in total. The van der Waals surface area contributed by atoms with Crippen molar-refractivity contribution in [3.05, 3.63) is 82.9 Å². The lowest BCUT2D eigenvalue weighted by atomic mass is 10.1. The fourth-order valence-electron chi connectivity index (χ4n) is 3.35. The summed E-state index contributed by atoms with van der Waals surface area (Å²) in [5.74, 6) is -1.20. The molecule has 0 saturated heterocycles. The normalized spacial score (nSPS) is 12.7. The third kappa shape index (κ3) is 3.26. The van der Waals surface area contributed by atoms with Crippen molar-refractivity contribution in [2.75, 3.05) is 17.3 Å². The van der Waals surface area contributed by atoms with Crippen LogP contribution in [-0.2, 0) is 0 Å². The maximum atomic E-state index is 12.9. The minimum absolute atomic E-state index is 0.112. The molecule has 1 aliphatic rings. The third-order valence-electron chi connectivity index (χ3n) is 4.85. The number of ether oxygens (including phenoxy) is 1. The Kier molecular flexibility index (Phi) is 4.71. The predicted molar refractivity (Wildman–Crippen MR) is 111 cm³/mol. The van der Waals surface area contributed by atoms with Crippen molar-refractivity contribution >= 4 is 29.1 Å². The highest BCUT2D eigenvalue weighted by atomic mass is 16.5. The van der Waals surface area contributed by atoms with Crippen molar-refractivity contribution in [1.29, 1.82) is 0 Å². The molecule has 0 fully saturated rings. The topological polar surface area (TPSA) is 95.9 Å². The zero-order valence-electron chi connectivity index (χ0n) is 16.3.